The number of primary amides is 1. The minimum atomic E-state index is -0.208. The Morgan fingerprint density at radius 1 is 1.70 bits per heavy atom. The molecule has 2 atom stereocenters. The Morgan fingerprint density at radius 2 is 2.30 bits per heavy atom. The Hall–Kier alpha value is -0.530. The van der Waals surface area contributed by atoms with E-state index >= 15 is 0 Å². The van der Waals surface area contributed by atoms with E-state index < -0.39 is 0 Å². The van der Waals surface area contributed by atoms with Crippen molar-refractivity contribution in [3.05, 3.63) is 0 Å². The Labute approximate surface area is 61.8 Å². The zero-order chi connectivity index (χ0) is 7.78. The van der Waals surface area contributed by atoms with E-state index in [1.165, 1.54) is 0 Å². The summed E-state index contributed by atoms with van der Waals surface area (Å²) in [6, 6.07) is 0. The van der Waals surface area contributed by atoms with E-state index in [9.17, 15) is 4.79 Å². The van der Waals surface area contributed by atoms with Crippen molar-refractivity contribution in [3.63, 3.8) is 0 Å². The normalized spacial score (nSPS) is 40.0. The highest BCUT2D eigenvalue weighted by Gasteiger charge is 2.40. The minimum Gasteiger partial charge on any atom is -0.369 e. The van der Waals surface area contributed by atoms with E-state index in [1.54, 1.807) is 0 Å². The predicted molar refractivity (Wildman–Crippen MR) is 40.3 cm³/mol. The lowest BCUT2D eigenvalue weighted by atomic mass is 9.80. The molecular weight excluding hydrogens is 126 g/mol. The monoisotopic (exact) mass is 141 g/mol. The van der Waals surface area contributed by atoms with E-state index in [2.05, 4.69) is 6.92 Å². The van der Waals surface area contributed by atoms with Gasteiger partial charge in [-0.3, -0.25) is 4.79 Å². The average molecular weight is 141 g/mol. The highest BCUT2D eigenvalue weighted by molar-refractivity contribution is 5.81. The van der Waals surface area contributed by atoms with Crippen LogP contribution in [-0.2, 0) is 4.79 Å². The van der Waals surface area contributed by atoms with Crippen LogP contribution in [0.2, 0.25) is 0 Å². The quantitative estimate of drug-likeness (QED) is 0.587. The number of hydrogen-bond donors (Lipinski definition) is 1. The number of rotatable bonds is 1. The van der Waals surface area contributed by atoms with Crippen LogP contribution in [0.5, 0.6) is 0 Å². The molecule has 1 saturated carbocycles. The van der Waals surface area contributed by atoms with Crippen LogP contribution >= 0.6 is 0 Å². The van der Waals surface area contributed by atoms with Gasteiger partial charge in [-0.2, -0.15) is 0 Å². The summed E-state index contributed by atoms with van der Waals surface area (Å²) in [5.41, 5.74) is 5.08. The lowest BCUT2D eigenvalue weighted by molar-refractivity contribution is -0.128. The van der Waals surface area contributed by atoms with Crippen molar-refractivity contribution in [2.75, 3.05) is 0 Å². The molecule has 2 N–H and O–H groups in total. The smallest absolute Gasteiger partial charge is 0.223 e. The fraction of sp³-hybridized carbons (Fsp3) is 0.875. The topological polar surface area (TPSA) is 43.1 Å². The van der Waals surface area contributed by atoms with Gasteiger partial charge in [0.2, 0.25) is 5.91 Å². The van der Waals surface area contributed by atoms with Crippen LogP contribution in [0.1, 0.15) is 33.1 Å². The third kappa shape index (κ3) is 0.917. The Bertz CT molecular complexity index is 155. The van der Waals surface area contributed by atoms with Crippen molar-refractivity contribution in [3.8, 4) is 0 Å². The molecule has 0 aromatic carbocycles. The molecule has 58 valence electrons. The van der Waals surface area contributed by atoms with Crippen LogP contribution in [0.25, 0.3) is 0 Å². The summed E-state index contributed by atoms with van der Waals surface area (Å²) in [5.74, 6) is 0.350. The maximum Gasteiger partial charge on any atom is 0.223 e. The van der Waals surface area contributed by atoms with Crippen LogP contribution in [0, 0.1) is 11.3 Å². The van der Waals surface area contributed by atoms with E-state index in [4.69, 9.17) is 5.73 Å². The minimum absolute atomic E-state index is 0.127. The van der Waals surface area contributed by atoms with Crippen LogP contribution in [0.15, 0.2) is 0 Å². The number of nitrogens with two attached hydrogens (primary N) is 1. The van der Waals surface area contributed by atoms with Gasteiger partial charge in [0.1, 0.15) is 0 Å². The van der Waals surface area contributed by atoms with Crippen LogP contribution in [-0.4, -0.2) is 5.91 Å². The molecular formula is C8H15NO. The molecule has 0 aromatic heterocycles. The molecule has 1 rings (SSSR count). The van der Waals surface area contributed by atoms with E-state index in [0.717, 1.165) is 19.3 Å². The molecule has 1 aliphatic rings. The Morgan fingerprint density at radius 3 is 2.50 bits per heavy atom. The van der Waals surface area contributed by atoms with Crippen molar-refractivity contribution >= 4 is 5.91 Å². The third-order valence-electron chi connectivity index (χ3n) is 2.98. The lowest BCUT2D eigenvalue weighted by Gasteiger charge is -2.24. The molecule has 0 aromatic rings. The fourth-order valence-corrected chi connectivity index (χ4v) is 1.71. The van der Waals surface area contributed by atoms with Crippen LogP contribution in [0.4, 0.5) is 0 Å². The third-order valence-corrected chi connectivity index (χ3v) is 2.98. The summed E-state index contributed by atoms with van der Waals surface area (Å²) < 4.78 is 0. The number of carbonyl (C=O) groups excluding carboxylic acids is 1. The van der Waals surface area contributed by atoms with Gasteiger partial charge in [0, 0.05) is 5.41 Å². The van der Waals surface area contributed by atoms with Gasteiger partial charge in [-0.05, 0) is 18.8 Å². The second kappa shape index (κ2) is 2.26. The van der Waals surface area contributed by atoms with E-state index in [-0.39, 0.29) is 11.3 Å². The number of amides is 1. The first-order chi connectivity index (χ1) is 4.57. The summed E-state index contributed by atoms with van der Waals surface area (Å²) in [6.45, 7) is 4.09. The van der Waals surface area contributed by atoms with Crippen molar-refractivity contribution in [1.29, 1.82) is 0 Å². The standard InChI is InChI=1S/C8H15NO/c1-6-4-3-5-8(6,2)7(9)10/h6H,3-5H2,1-2H3,(H2,9,10)/t6-,8+/m1/s1. The number of carbonyl (C=O) groups is 1. The van der Waals surface area contributed by atoms with Gasteiger partial charge in [-0.15, -0.1) is 0 Å². The first-order valence-corrected chi connectivity index (χ1v) is 3.87. The van der Waals surface area contributed by atoms with E-state index in [0.29, 0.717) is 5.92 Å². The molecule has 0 bridgehead atoms. The molecule has 0 aliphatic heterocycles. The summed E-state index contributed by atoms with van der Waals surface area (Å²) in [5, 5.41) is 0. The maximum absolute atomic E-state index is 11.0. The predicted octanol–water partition coefficient (Wildman–Crippen LogP) is 1.30. The molecule has 0 radical (unpaired) electrons. The van der Waals surface area contributed by atoms with Crippen molar-refractivity contribution in [2.24, 2.45) is 17.1 Å². The highest BCUT2D eigenvalue weighted by Crippen LogP contribution is 2.42. The summed E-state index contributed by atoms with van der Waals surface area (Å²) in [4.78, 5) is 11.0. The first kappa shape index (κ1) is 7.58. The Kier molecular flexibility index (Phi) is 1.71. The molecule has 1 amide bonds. The van der Waals surface area contributed by atoms with Gasteiger partial charge in [0.05, 0.1) is 0 Å². The molecule has 0 spiro atoms. The molecule has 0 unspecified atom stereocenters. The molecule has 0 heterocycles. The first-order valence-electron chi connectivity index (χ1n) is 3.87. The zero-order valence-corrected chi connectivity index (χ0v) is 6.68. The SMILES string of the molecule is C[C@@H]1CCC[C@]1(C)C(N)=O. The van der Waals surface area contributed by atoms with Crippen LogP contribution in [0.3, 0.4) is 0 Å². The Balaban J connectivity index is 2.75. The molecule has 0 saturated heterocycles. The summed E-state index contributed by atoms with van der Waals surface area (Å²) >= 11 is 0. The van der Waals surface area contributed by atoms with Crippen molar-refractivity contribution in [1.82, 2.24) is 0 Å². The average Bonchev–Trinajstić information content (AvgIpc) is 2.15. The van der Waals surface area contributed by atoms with Gasteiger partial charge in [0.25, 0.3) is 0 Å². The van der Waals surface area contributed by atoms with Gasteiger partial charge in [-0.1, -0.05) is 20.3 Å². The summed E-state index contributed by atoms with van der Waals surface area (Å²) in [7, 11) is 0. The van der Waals surface area contributed by atoms with Gasteiger partial charge < -0.3 is 5.73 Å². The highest BCUT2D eigenvalue weighted by atomic mass is 16.1. The van der Waals surface area contributed by atoms with Crippen molar-refractivity contribution < 1.29 is 4.79 Å². The van der Waals surface area contributed by atoms with Crippen molar-refractivity contribution in [2.45, 2.75) is 33.1 Å². The second-order valence-corrected chi connectivity index (χ2v) is 3.57. The van der Waals surface area contributed by atoms with Crippen LogP contribution < -0.4 is 5.73 Å². The van der Waals surface area contributed by atoms with Gasteiger partial charge >= 0.3 is 0 Å². The van der Waals surface area contributed by atoms with Gasteiger partial charge in [-0.25, -0.2) is 0 Å². The molecule has 1 aliphatic carbocycles. The lowest BCUT2D eigenvalue weighted by Crippen LogP contribution is -2.36. The molecule has 10 heavy (non-hydrogen) atoms. The fourth-order valence-electron chi connectivity index (χ4n) is 1.71. The number of hydrogen-bond acceptors (Lipinski definition) is 1. The van der Waals surface area contributed by atoms with E-state index in [1.807, 2.05) is 6.92 Å². The zero-order valence-electron chi connectivity index (χ0n) is 6.68. The van der Waals surface area contributed by atoms with Gasteiger partial charge in [0.15, 0.2) is 0 Å². The molecule has 2 nitrogen and oxygen atoms in total. The maximum atomic E-state index is 11.0. The largest absolute Gasteiger partial charge is 0.369 e. The summed E-state index contributed by atoms with van der Waals surface area (Å²) in [6.07, 6.45) is 3.28. The molecule has 2 heteroatoms. The second-order valence-electron chi connectivity index (χ2n) is 3.57. The molecule has 1 fully saturated rings.